The van der Waals surface area contributed by atoms with Crippen molar-refractivity contribution < 1.29 is 15.7 Å². The van der Waals surface area contributed by atoms with Crippen LogP contribution in [0.2, 0.25) is 8.87 Å². The standard InChI is InChI=1S/2C18H36O2S2.2C8H17.Sn/c2*1-15(2)11-7-5-9-13-21-18(17(19)20)22-14-10-6-8-12-16(3)4;2*1-3-5-7-8-6-4-2;/h2*15-16,18H,5-14H2,1-4H3,(H,19,20);2*1,3-8H2,2H3;/q;;;;+2/p-2. The Hall–Kier alpha value is 1.14. The molecule has 0 saturated heterocycles. The minimum atomic E-state index is -4.26. The third kappa shape index (κ3) is 40.0. The Labute approximate surface area is 404 Å². The van der Waals surface area contributed by atoms with Crippen LogP contribution in [0, 0.1) is 23.7 Å². The third-order valence-electron chi connectivity index (χ3n) is 11.6. The Morgan fingerprint density at radius 1 is 0.361 bits per heavy atom. The number of hydrogen-bond donors (Lipinski definition) is 0. The molecule has 0 atom stereocenters. The van der Waals surface area contributed by atoms with Gasteiger partial charge in [0.1, 0.15) is 0 Å². The van der Waals surface area contributed by atoms with E-state index < -0.39 is 19.2 Å². The summed E-state index contributed by atoms with van der Waals surface area (Å²) in [6.45, 7) is 23.0. The molecule has 0 aromatic heterocycles. The molecule has 0 saturated carbocycles. The minimum absolute atomic E-state index is 0.0768. The first-order valence-electron chi connectivity index (χ1n) is 26.3. The summed E-state index contributed by atoms with van der Waals surface area (Å²) < 4.78 is 15.2. The SMILES string of the molecule is CCCCCCC[CH2][Sn]([CH2]CCCCCCC)([O]C(=O)C(SCCCCCC(C)C)SCCCCCC(C)C)[O]C(=O)C(SCCCCCC(C)C)SCCCCCC(C)C. The molecule has 0 amide bonds. The van der Waals surface area contributed by atoms with Crippen molar-refractivity contribution in [3.8, 4) is 0 Å². The van der Waals surface area contributed by atoms with Crippen LogP contribution in [0.25, 0.3) is 0 Å². The van der Waals surface area contributed by atoms with Gasteiger partial charge in [0.25, 0.3) is 0 Å². The molecule has 0 aliphatic rings. The zero-order valence-electron chi connectivity index (χ0n) is 42.3. The fraction of sp³-hybridized carbons (Fsp3) is 0.962. The van der Waals surface area contributed by atoms with Crippen molar-refractivity contribution in [2.24, 2.45) is 23.7 Å². The predicted molar refractivity (Wildman–Crippen MR) is 285 cm³/mol. The zero-order chi connectivity index (χ0) is 45.4. The Morgan fingerprint density at radius 2 is 0.607 bits per heavy atom. The summed E-state index contributed by atoms with van der Waals surface area (Å²) in [5.74, 6) is 6.75. The molecule has 0 unspecified atom stereocenters. The predicted octanol–water partition coefficient (Wildman–Crippen LogP) is 18.7. The molecule has 0 aliphatic heterocycles. The van der Waals surface area contributed by atoms with Crippen LogP contribution >= 0.6 is 47.0 Å². The first kappa shape index (κ1) is 62.1. The third-order valence-corrected chi connectivity index (χ3v) is 26.9. The molecule has 364 valence electrons. The number of carbonyl (C=O) groups is 2. The summed E-state index contributed by atoms with van der Waals surface area (Å²) in [6, 6.07) is 0. The van der Waals surface area contributed by atoms with Crippen LogP contribution in [0.15, 0.2) is 0 Å². The fourth-order valence-electron chi connectivity index (χ4n) is 7.62. The molecule has 0 aromatic carbocycles. The monoisotopic (exact) mass is 1040 g/mol. The van der Waals surface area contributed by atoms with Crippen molar-refractivity contribution >= 4 is 78.2 Å². The van der Waals surface area contributed by atoms with E-state index in [4.69, 9.17) is 6.15 Å². The summed E-state index contributed by atoms with van der Waals surface area (Å²) in [6.07, 6.45) is 33.7. The molecule has 0 bridgehead atoms. The van der Waals surface area contributed by atoms with E-state index in [0.717, 1.165) is 107 Å². The molecular weight excluding hydrogens is 936 g/mol. The topological polar surface area (TPSA) is 52.6 Å². The Morgan fingerprint density at radius 3 is 0.869 bits per heavy atom. The Balaban J connectivity index is 6.45. The van der Waals surface area contributed by atoms with Crippen molar-refractivity contribution in [2.75, 3.05) is 23.0 Å². The molecule has 0 fully saturated rings. The molecular formula is C52H104O4S4Sn. The summed E-state index contributed by atoms with van der Waals surface area (Å²) in [7, 11) is 0. The van der Waals surface area contributed by atoms with Gasteiger partial charge < -0.3 is 0 Å². The van der Waals surface area contributed by atoms with Gasteiger partial charge >= 0.3 is 408 Å². The quantitative estimate of drug-likeness (QED) is 0.0340. The van der Waals surface area contributed by atoms with E-state index in [1.54, 1.807) is 0 Å². The van der Waals surface area contributed by atoms with Gasteiger partial charge in [-0.05, 0) is 0 Å². The molecule has 61 heavy (non-hydrogen) atoms. The molecule has 0 radical (unpaired) electrons. The normalized spacial score (nSPS) is 12.3. The van der Waals surface area contributed by atoms with Crippen molar-refractivity contribution in [2.45, 2.75) is 267 Å². The van der Waals surface area contributed by atoms with E-state index >= 15 is 0 Å². The van der Waals surface area contributed by atoms with Crippen LogP contribution in [0.5, 0.6) is 0 Å². The van der Waals surface area contributed by atoms with Gasteiger partial charge in [0.15, 0.2) is 0 Å². The fourth-order valence-corrected chi connectivity index (χ4v) is 22.9. The van der Waals surface area contributed by atoms with Gasteiger partial charge in [0, 0.05) is 0 Å². The average Bonchev–Trinajstić information content (AvgIpc) is 3.20. The van der Waals surface area contributed by atoms with Gasteiger partial charge in [0.05, 0.1) is 0 Å². The second-order valence-corrected chi connectivity index (χ2v) is 34.6. The molecule has 4 nitrogen and oxygen atoms in total. The summed E-state index contributed by atoms with van der Waals surface area (Å²) in [5, 5.41) is 0. The maximum atomic E-state index is 14.7. The Kier molecular flexibility index (Phi) is 44.5. The van der Waals surface area contributed by atoms with Gasteiger partial charge in [-0.15, -0.1) is 0 Å². The summed E-state index contributed by atoms with van der Waals surface area (Å²) in [4.78, 5) is 29.4. The van der Waals surface area contributed by atoms with E-state index in [9.17, 15) is 9.59 Å². The van der Waals surface area contributed by atoms with Crippen LogP contribution in [-0.2, 0) is 15.7 Å². The number of thioether (sulfide) groups is 4. The van der Waals surface area contributed by atoms with Crippen molar-refractivity contribution in [3.63, 3.8) is 0 Å². The van der Waals surface area contributed by atoms with Crippen molar-refractivity contribution in [3.05, 3.63) is 0 Å². The first-order chi connectivity index (χ1) is 29.4. The van der Waals surface area contributed by atoms with Crippen LogP contribution < -0.4 is 0 Å². The molecule has 0 spiro atoms. The molecule has 0 N–H and O–H groups in total. The molecule has 9 heteroatoms. The van der Waals surface area contributed by atoms with Gasteiger partial charge in [0.2, 0.25) is 0 Å². The van der Waals surface area contributed by atoms with Crippen LogP contribution in [-0.4, -0.2) is 63.3 Å². The van der Waals surface area contributed by atoms with Crippen LogP contribution in [0.1, 0.15) is 249 Å². The zero-order valence-corrected chi connectivity index (χ0v) is 48.4. The first-order valence-corrected chi connectivity index (χ1v) is 36.8. The molecule has 0 rings (SSSR count). The number of rotatable bonds is 46. The van der Waals surface area contributed by atoms with Crippen molar-refractivity contribution in [1.29, 1.82) is 0 Å². The number of unbranched alkanes of at least 4 members (excludes halogenated alkanes) is 18. The van der Waals surface area contributed by atoms with Crippen LogP contribution in [0.3, 0.4) is 0 Å². The van der Waals surface area contributed by atoms with E-state index in [0.29, 0.717) is 0 Å². The number of carbonyl (C=O) groups excluding carboxylic acids is 2. The van der Waals surface area contributed by atoms with Crippen LogP contribution in [0.4, 0.5) is 0 Å². The van der Waals surface area contributed by atoms with E-state index in [2.05, 4.69) is 69.2 Å². The second-order valence-electron chi connectivity index (χ2n) is 19.9. The molecule has 0 heterocycles. The average molecular weight is 1040 g/mol. The second kappa shape index (κ2) is 43.7. The van der Waals surface area contributed by atoms with Gasteiger partial charge in [-0.25, -0.2) is 0 Å². The number of hydrogen-bond acceptors (Lipinski definition) is 8. The van der Waals surface area contributed by atoms with Gasteiger partial charge in [-0.1, -0.05) is 0 Å². The van der Waals surface area contributed by atoms with Gasteiger partial charge in [-0.2, -0.15) is 0 Å². The molecule has 0 aliphatic carbocycles. The van der Waals surface area contributed by atoms with Crippen molar-refractivity contribution in [1.82, 2.24) is 0 Å². The molecule has 0 aromatic rings. The summed E-state index contributed by atoms with van der Waals surface area (Å²) >= 11 is 2.97. The maximum absolute atomic E-state index is 14.7. The van der Waals surface area contributed by atoms with E-state index in [1.165, 1.54) is 128 Å². The van der Waals surface area contributed by atoms with E-state index in [1.807, 2.05) is 47.0 Å². The Bertz CT molecular complexity index is 865. The van der Waals surface area contributed by atoms with E-state index in [-0.39, 0.29) is 21.1 Å². The van der Waals surface area contributed by atoms with Gasteiger partial charge in [-0.3, -0.25) is 0 Å². The summed E-state index contributed by atoms with van der Waals surface area (Å²) in [5.41, 5.74) is 0.